The molecule has 0 N–H and O–H groups in total. The van der Waals surface area contributed by atoms with E-state index in [2.05, 4.69) is 94.2 Å². The quantitative estimate of drug-likeness (QED) is 0.260. The topological polar surface area (TPSA) is 32.7 Å². The highest BCUT2D eigenvalue weighted by Crippen LogP contribution is 2.49. The van der Waals surface area contributed by atoms with Crippen molar-refractivity contribution in [2.75, 3.05) is 44.8 Å². The van der Waals surface area contributed by atoms with Crippen molar-refractivity contribution < 1.29 is 13.7 Å². The standard InChI is InChI=1S/C31H30N3O2S/c1-32-25-11-4-2-9-22(25)24(31-30(32)23-10-3-6-13-27(23)36-31)21-29-34(26-12-5-7-14-28(26)37-29)16-8-15-33-17-19-35-20-18-33/h2-7,9-14,21H,8,15-20H2,1H3/q+1. The van der Waals surface area contributed by atoms with Crippen LogP contribution in [-0.2, 0) is 11.3 Å². The SMILES string of the molecule is CN1c2ccccc2/C(=C/c2sc3ccccc3[n+]2CCCN2CCOCC2)c2oc3ccccc3c21. The molecule has 2 aliphatic rings. The third kappa shape index (κ3) is 3.96. The molecule has 0 bridgehead atoms. The number of anilines is 2. The lowest BCUT2D eigenvalue weighted by molar-refractivity contribution is -0.669. The van der Waals surface area contributed by atoms with Crippen molar-refractivity contribution in [1.29, 1.82) is 0 Å². The number of furan rings is 1. The number of aromatic nitrogens is 1. The van der Waals surface area contributed by atoms with Gasteiger partial charge in [-0.3, -0.25) is 4.90 Å². The summed E-state index contributed by atoms with van der Waals surface area (Å²) in [7, 11) is 2.14. The Bertz CT molecular complexity index is 1630. The van der Waals surface area contributed by atoms with Gasteiger partial charge in [-0.05, 0) is 24.3 Å². The number of fused-ring (bicyclic) bond motifs is 5. The normalized spacial score (nSPS) is 17.0. The monoisotopic (exact) mass is 508 g/mol. The van der Waals surface area contributed by atoms with Crippen LogP contribution in [0.1, 0.15) is 22.8 Å². The number of nitrogens with zero attached hydrogens (tertiary/aromatic N) is 3. The van der Waals surface area contributed by atoms with E-state index in [9.17, 15) is 0 Å². The van der Waals surface area contributed by atoms with Gasteiger partial charge in [0.2, 0.25) is 5.52 Å². The van der Waals surface area contributed by atoms with Crippen LogP contribution in [-0.4, -0.2) is 44.8 Å². The maximum absolute atomic E-state index is 6.54. The van der Waals surface area contributed by atoms with Gasteiger partial charge in [0.1, 0.15) is 10.3 Å². The van der Waals surface area contributed by atoms with Crippen molar-refractivity contribution in [3.8, 4) is 0 Å². The first-order chi connectivity index (χ1) is 18.3. The Labute approximate surface area is 220 Å². The van der Waals surface area contributed by atoms with Gasteiger partial charge in [-0.25, -0.2) is 0 Å². The van der Waals surface area contributed by atoms with Gasteiger partial charge >= 0.3 is 0 Å². The summed E-state index contributed by atoms with van der Waals surface area (Å²) in [4.78, 5) is 4.79. The van der Waals surface area contributed by atoms with Crippen molar-refractivity contribution in [3.63, 3.8) is 0 Å². The molecule has 37 heavy (non-hydrogen) atoms. The summed E-state index contributed by atoms with van der Waals surface area (Å²) >= 11 is 1.86. The zero-order valence-corrected chi connectivity index (χ0v) is 21.8. The molecular formula is C31H30N3O2S+. The van der Waals surface area contributed by atoms with Gasteiger partial charge in [-0.15, -0.1) is 0 Å². The minimum atomic E-state index is 0.847. The second kappa shape index (κ2) is 9.45. The van der Waals surface area contributed by atoms with Crippen molar-refractivity contribution in [2.45, 2.75) is 13.0 Å². The van der Waals surface area contributed by atoms with Gasteiger partial charge in [0.25, 0.3) is 5.01 Å². The first-order valence-electron chi connectivity index (χ1n) is 13.1. The fraction of sp³-hybridized carbons (Fsp3) is 0.258. The van der Waals surface area contributed by atoms with Crippen LogP contribution in [0.5, 0.6) is 0 Å². The van der Waals surface area contributed by atoms with Crippen LogP contribution >= 0.6 is 11.3 Å². The summed E-state index contributed by atoms with van der Waals surface area (Å²) in [5.74, 6) is 0.944. The molecule has 5 nitrogen and oxygen atoms in total. The highest BCUT2D eigenvalue weighted by Gasteiger charge is 2.31. The van der Waals surface area contributed by atoms with Crippen molar-refractivity contribution in [2.24, 2.45) is 0 Å². The van der Waals surface area contributed by atoms with Gasteiger partial charge in [-0.1, -0.05) is 53.8 Å². The maximum Gasteiger partial charge on any atom is 0.263 e. The van der Waals surface area contributed by atoms with Crippen LogP contribution in [0.4, 0.5) is 11.4 Å². The number of rotatable bonds is 5. The minimum Gasteiger partial charge on any atom is -0.454 e. The van der Waals surface area contributed by atoms with Gasteiger partial charge < -0.3 is 14.1 Å². The van der Waals surface area contributed by atoms with Crippen LogP contribution in [0.3, 0.4) is 0 Å². The largest absolute Gasteiger partial charge is 0.454 e. The molecule has 5 aromatic rings. The number of hydrogen-bond acceptors (Lipinski definition) is 5. The Hall–Kier alpha value is -3.45. The highest BCUT2D eigenvalue weighted by atomic mass is 32.1. The summed E-state index contributed by atoms with van der Waals surface area (Å²) < 4.78 is 15.9. The molecule has 0 saturated carbocycles. The van der Waals surface area contributed by atoms with E-state index in [0.29, 0.717) is 0 Å². The summed E-state index contributed by atoms with van der Waals surface area (Å²) in [6, 6.07) is 25.8. The molecule has 3 aromatic carbocycles. The molecule has 1 fully saturated rings. The molecule has 6 heteroatoms. The molecule has 4 heterocycles. The van der Waals surface area contributed by atoms with Crippen LogP contribution in [0.25, 0.3) is 32.8 Å². The lowest BCUT2D eigenvalue weighted by Crippen LogP contribution is -2.40. The summed E-state index contributed by atoms with van der Waals surface area (Å²) in [5.41, 5.74) is 6.91. The van der Waals surface area contributed by atoms with E-state index < -0.39 is 0 Å². The molecule has 2 aromatic heterocycles. The number of thiazole rings is 1. The fourth-order valence-electron chi connectivity index (χ4n) is 5.72. The van der Waals surface area contributed by atoms with Crippen molar-refractivity contribution in [3.05, 3.63) is 89.1 Å². The predicted octanol–water partition coefficient (Wildman–Crippen LogP) is 6.33. The van der Waals surface area contributed by atoms with Gasteiger partial charge in [-0.2, -0.15) is 4.57 Å². The summed E-state index contributed by atoms with van der Waals surface area (Å²) in [6.07, 6.45) is 3.46. The average molecular weight is 509 g/mol. The van der Waals surface area contributed by atoms with E-state index in [1.165, 1.54) is 26.5 Å². The Balaban J connectivity index is 1.35. The Morgan fingerprint density at radius 3 is 2.65 bits per heavy atom. The predicted molar refractivity (Wildman–Crippen MR) is 152 cm³/mol. The summed E-state index contributed by atoms with van der Waals surface area (Å²) in [5, 5.41) is 2.40. The van der Waals surface area contributed by atoms with Crippen LogP contribution in [0, 0.1) is 0 Å². The number of para-hydroxylation sites is 3. The Morgan fingerprint density at radius 1 is 0.946 bits per heavy atom. The van der Waals surface area contributed by atoms with Gasteiger partial charge in [0.15, 0.2) is 12.3 Å². The third-order valence-electron chi connectivity index (χ3n) is 7.57. The minimum absolute atomic E-state index is 0.847. The first kappa shape index (κ1) is 22.7. The number of aryl methyl sites for hydroxylation is 1. The molecule has 0 spiro atoms. The maximum atomic E-state index is 6.54. The molecule has 186 valence electrons. The second-order valence-corrected chi connectivity index (χ2v) is 10.8. The van der Waals surface area contributed by atoms with E-state index in [1.54, 1.807) is 0 Å². The van der Waals surface area contributed by atoms with E-state index >= 15 is 0 Å². The molecule has 0 amide bonds. The lowest BCUT2D eigenvalue weighted by atomic mass is 9.94. The van der Waals surface area contributed by atoms with Crippen molar-refractivity contribution >= 4 is 55.5 Å². The Kier molecular flexibility index (Phi) is 5.80. The number of morpholine rings is 1. The van der Waals surface area contributed by atoms with E-state index in [0.717, 1.165) is 73.8 Å². The van der Waals surface area contributed by atoms with E-state index in [-0.39, 0.29) is 0 Å². The molecule has 0 radical (unpaired) electrons. The molecule has 0 aliphatic carbocycles. The highest BCUT2D eigenvalue weighted by molar-refractivity contribution is 7.18. The molecule has 0 unspecified atom stereocenters. The third-order valence-corrected chi connectivity index (χ3v) is 8.68. The van der Waals surface area contributed by atoms with Crippen LogP contribution < -0.4 is 9.47 Å². The number of benzene rings is 3. The zero-order chi connectivity index (χ0) is 24.8. The lowest BCUT2D eigenvalue weighted by Gasteiger charge is -2.28. The van der Waals surface area contributed by atoms with Crippen molar-refractivity contribution in [1.82, 2.24) is 4.90 Å². The molecule has 7 rings (SSSR count). The average Bonchev–Trinajstić information content (AvgIpc) is 3.50. The zero-order valence-electron chi connectivity index (χ0n) is 21.0. The summed E-state index contributed by atoms with van der Waals surface area (Å²) in [6.45, 7) is 5.84. The van der Waals surface area contributed by atoms with Crippen LogP contribution in [0.15, 0.2) is 77.2 Å². The first-order valence-corrected chi connectivity index (χ1v) is 13.9. The molecule has 0 atom stereocenters. The van der Waals surface area contributed by atoms with E-state index in [4.69, 9.17) is 9.15 Å². The fourth-order valence-corrected chi connectivity index (χ4v) is 6.85. The van der Waals surface area contributed by atoms with E-state index in [1.807, 2.05) is 17.4 Å². The van der Waals surface area contributed by atoms with Gasteiger partial charge in [0, 0.05) is 67.5 Å². The second-order valence-electron chi connectivity index (χ2n) is 9.78. The number of hydrogen-bond donors (Lipinski definition) is 0. The molecule has 2 aliphatic heterocycles. The van der Waals surface area contributed by atoms with Crippen LogP contribution in [0.2, 0.25) is 0 Å². The molecular weight excluding hydrogens is 478 g/mol. The molecule has 1 saturated heterocycles. The smallest absolute Gasteiger partial charge is 0.263 e. The van der Waals surface area contributed by atoms with Gasteiger partial charge in [0.05, 0.1) is 18.9 Å². The Morgan fingerprint density at radius 2 is 1.73 bits per heavy atom. The number of ether oxygens (including phenoxy) is 1.